The van der Waals surface area contributed by atoms with Crippen molar-refractivity contribution in [3.63, 3.8) is 0 Å². The number of nitro benzene ring substituents is 1. The van der Waals surface area contributed by atoms with E-state index in [2.05, 4.69) is 4.98 Å². The van der Waals surface area contributed by atoms with Crippen LogP contribution >= 0.6 is 0 Å². The first kappa shape index (κ1) is 15.8. The fourth-order valence-electron chi connectivity index (χ4n) is 3.24. The van der Waals surface area contributed by atoms with E-state index in [1.54, 1.807) is 0 Å². The molecule has 0 unspecified atom stereocenters. The largest absolute Gasteiger partial charge is 0.358 e. The molecule has 1 aromatic heterocycles. The standard InChI is InChI=1S/C17H15N3O4S/c21-20(22)12-5-7-13(8-6-12)25(23,24)19-10-9-17-15(11-19)14-3-1-2-4-16(14)18-17/h1-8,18H,9-11H2. The highest BCUT2D eigenvalue weighted by atomic mass is 32.2. The molecule has 1 N–H and O–H groups in total. The smallest absolute Gasteiger partial charge is 0.269 e. The lowest BCUT2D eigenvalue weighted by Gasteiger charge is -2.26. The number of nitro groups is 1. The van der Waals surface area contributed by atoms with Gasteiger partial charge in [-0.15, -0.1) is 0 Å². The molecule has 1 aliphatic heterocycles. The molecule has 128 valence electrons. The number of nitrogens with one attached hydrogen (secondary N) is 1. The summed E-state index contributed by atoms with van der Waals surface area (Å²) < 4.78 is 27.2. The number of H-pyrrole nitrogens is 1. The average Bonchev–Trinajstić information content (AvgIpc) is 2.99. The van der Waals surface area contributed by atoms with E-state index < -0.39 is 14.9 Å². The molecule has 0 spiro atoms. The first-order valence-electron chi connectivity index (χ1n) is 7.80. The molecule has 7 nitrogen and oxygen atoms in total. The summed E-state index contributed by atoms with van der Waals surface area (Å²) in [6.45, 7) is 0.664. The molecule has 0 fully saturated rings. The number of aromatic amines is 1. The monoisotopic (exact) mass is 357 g/mol. The topological polar surface area (TPSA) is 96.3 Å². The maximum absolute atomic E-state index is 12.9. The second kappa shape index (κ2) is 5.68. The third kappa shape index (κ3) is 2.59. The Kier molecular flexibility index (Phi) is 3.59. The van der Waals surface area contributed by atoms with Gasteiger partial charge in [0.15, 0.2) is 0 Å². The summed E-state index contributed by atoms with van der Waals surface area (Å²) in [6, 6.07) is 12.8. The van der Waals surface area contributed by atoms with Gasteiger partial charge in [0.2, 0.25) is 10.0 Å². The normalized spacial score (nSPS) is 15.2. The van der Waals surface area contributed by atoms with Crippen molar-refractivity contribution in [1.29, 1.82) is 0 Å². The van der Waals surface area contributed by atoms with Crippen LogP contribution in [0.2, 0.25) is 0 Å². The van der Waals surface area contributed by atoms with E-state index in [-0.39, 0.29) is 10.6 Å². The quantitative estimate of drug-likeness (QED) is 0.576. The molecule has 0 saturated heterocycles. The SMILES string of the molecule is O=[N+]([O-])c1ccc(S(=O)(=O)N2CCc3[nH]c4ccccc4c3C2)cc1. The molecular formula is C17H15N3O4S. The summed E-state index contributed by atoms with van der Waals surface area (Å²) in [4.78, 5) is 13.6. The van der Waals surface area contributed by atoms with Gasteiger partial charge in [-0.25, -0.2) is 8.42 Å². The Morgan fingerprint density at radius 3 is 2.52 bits per heavy atom. The molecular weight excluding hydrogens is 342 g/mol. The molecule has 0 radical (unpaired) electrons. The number of hydrogen-bond donors (Lipinski definition) is 1. The number of para-hydroxylation sites is 1. The van der Waals surface area contributed by atoms with Crippen molar-refractivity contribution in [3.05, 3.63) is 69.9 Å². The predicted octanol–water partition coefficient (Wildman–Crippen LogP) is 2.82. The molecule has 2 heterocycles. The van der Waals surface area contributed by atoms with Gasteiger partial charge in [-0.3, -0.25) is 10.1 Å². The molecule has 1 aliphatic rings. The van der Waals surface area contributed by atoms with Gasteiger partial charge in [-0.1, -0.05) is 18.2 Å². The second-order valence-electron chi connectivity index (χ2n) is 5.97. The van der Waals surface area contributed by atoms with Gasteiger partial charge in [0, 0.05) is 48.2 Å². The zero-order chi connectivity index (χ0) is 17.6. The van der Waals surface area contributed by atoms with Crippen LogP contribution in [0.1, 0.15) is 11.3 Å². The minimum Gasteiger partial charge on any atom is -0.358 e. The zero-order valence-electron chi connectivity index (χ0n) is 13.2. The van der Waals surface area contributed by atoms with Crippen LogP contribution in [0.25, 0.3) is 10.9 Å². The zero-order valence-corrected chi connectivity index (χ0v) is 14.0. The van der Waals surface area contributed by atoms with Crippen molar-refractivity contribution in [2.75, 3.05) is 6.54 Å². The number of rotatable bonds is 3. The molecule has 8 heteroatoms. The Balaban J connectivity index is 1.69. The summed E-state index contributed by atoms with van der Waals surface area (Å²) in [7, 11) is -3.70. The summed E-state index contributed by atoms with van der Waals surface area (Å²) >= 11 is 0. The van der Waals surface area contributed by atoms with E-state index >= 15 is 0 Å². The molecule has 0 atom stereocenters. The number of nitrogens with zero attached hydrogens (tertiary/aromatic N) is 2. The summed E-state index contributed by atoms with van der Waals surface area (Å²) in [5, 5.41) is 11.8. The Hall–Kier alpha value is -2.71. The van der Waals surface area contributed by atoms with E-state index in [0.717, 1.165) is 22.2 Å². The Labute approximate surface area is 144 Å². The molecule has 25 heavy (non-hydrogen) atoms. The molecule has 0 bridgehead atoms. The van der Waals surface area contributed by atoms with E-state index in [9.17, 15) is 18.5 Å². The van der Waals surface area contributed by atoms with Crippen LogP contribution in [0.5, 0.6) is 0 Å². The van der Waals surface area contributed by atoms with Crippen LogP contribution in [0, 0.1) is 10.1 Å². The maximum Gasteiger partial charge on any atom is 0.269 e. The van der Waals surface area contributed by atoms with Crippen molar-refractivity contribution in [2.45, 2.75) is 17.9 Å². The molecule has 0 saturated carbocycles. The van der Waals surface area contributed by atoms with E-state index in [1.165, 1.54) is 28.6 Å². The van der Waals surface area contributed by atoms with Crippen LogP contribution in [-0.4, -0.2) is 29.2 Å². The first-order chi connectivity index (χ1) is 12.0. The highest BCUT2D eigenvalue weighted by molar-refractivity contribution is 7.89. The third-order valence-electron chi connectivity index (χ3n) is 4.53. The Bertz CT molecular complexity index is 1070. The van der Waals surface area contributed by atoms with Gasteiger partial charge < -0.3 is 4.98 Å². The lowest BCUT2D eigenvalue weighted by atomic mass is 10.1. The van der Waals surface area contributed by atoms with Crippen molar-refractivity contribution in [2.24, 2.45) is 0 Å². The summed E-state index contributed by atoms with van der Waals surface area (Å²) in [5.74, 6) is 0. The van der Waals surface area contributed by atoms with Gasteiger partial charge in [0.05, 0.1) is 9.82 Å². The lowest BCUT2D eigenvalue weighted by Crippen LogP contribution is -2.35. The second-order valence-corrected chi connectivity index (χ2v) is 7.91. The van der Waals surface area contributed by atoms with Gasteiger partial charge in [0.25, 0.3) is 5.69 Å². The van der Waals surface area contributed by atoms with E-state index in [0.29, 0.717) is 19.5 Å². The van der Waals surface area contributed by atoms with Crippen molar-refractivity contribution >= 4 is 26.6 Å². The van der Waals surface area contributed by atoms with Crippen LogP contribution in [0.3, 0.4) is 0 Å². The van der Waals surface area contributed by atoms with Gasteiger partial charge in [0.1, 0.15) is 0 Å². The van der Waals surface area contributed by atoms with Crippen molar-refractivity contribution < 1.29 is 13.3 Å². The predicted molar refractivity (Wildman–Crippen MR) is 92.7 cm³/mol. The van der Waals surface area contributed by atoms with Crippen molar-refractivity contribution in [3.8, 4) is 0 Å². The number of fused-ring (bicyclic) bond motifs is 3. The number of aromatic nitrogens is 1. The highest BCUT2D eigenvalue weighted by Crippen LogP contribution is 2.30. The fourth-order valence-corrected chi connectivity index (χ4v) is 4.64. The molecule has 3 aromatic rings. The molecule has 0 amide bonds. The Morgan fingerprint density at radius 1 is 1.08 bits per heavy atom. The van der Waals surface area contributed by atoms with E-state index in [1.807, 2.05) is 24.3 Å². The van der Waals surface area contributed by atoms with Crippen LogP contribution in [0.15, 0.2) is 53.4 Å². The summed E-state index contributed by atoms with van der Waals surface area (Å²) in [6.07, 6.45) is 0.607. The van der Waals surface area contributed by atoms with Crippen LogP contribution in [-0.2, 0) is 23.0 Å². The Morgan fingerprint density at radius 2 is 1.80 bits per heavy atom. The number of hydrogen-bond acceptors (Lipinski definition) is 4. The molecule has 4 rings (SSSR count). The van der Waals surface area contributed by atoms with Gasteiger partial charge >= 0.3 is 0 Å². The number of non-ortho nitro benzene ring substituents is 1. The highest BCUT2D eigenvalue weighted by Gasteiger charge is 2.30. The number of benzene rings is 2. The minimum absolute atomic E-state index is 0.0707. The molecule has 2 aromatic carbocycles. The maximum atomic E-state index is 12.9. The third-order valence-corrected chi connectivity index (χ3v) is 6.39. The molecule has 0 aliphatic carbocycles. The number of sulfonamides is 1. The first-order valence-corrected chi connectivity index (χ1v) is 9.24. The fraction of sp³-hybridized carbons (Fsp3) is 0.176. The van der Waals surface area contributed by atoms with Gasteiger partial charge in [-0.2, -0.15) is 4.31 Å². The average molecular weight is 357 g/mol. The summed E-state index contributed by atoms with van der Waals surface area (Å²) in [5.41, 5.74) is 2.93. The van der Waals surface area contributed by atoms with Crippen LogP contribution in [0.4, 0.5) is 5.69 Å². The van der Waals surface area contributed by atoms with E-state index in [4.69, 9.17) is 0 Å². The van der Waals surface area contributed by atoms with Gasteiger partial charge in [-0.05, 0) is 23.8 Å². The lowest BCUT2D eigenvalue weighted by molar-refractivity contribution is -0.384. The van der Waals surface area contributed by atoms with Crippen LogP contribution < -0.4 is 0 Å². The minimum atomic E-state index is -3.70. The van der Waals surface area contributed by atoms with Crippen molar-refractivity contribution in [1.82, 2.24) is 9.29 Å².